The Hall–Kier alpha value is -2.60. The molecule has 1 aliphatic carbocycles. The Morgan fingerprint density at radius 2 is 1.87 bits per heavy atom. The van der Waals surface area contributed by atoms with E-state index in [0.29, 0.717) is 5.69 Å². The molecule has 0 bridgehead atoms. The summed E-state index contributed by atoms with van der Waals surface area (Å²) in [6.45, 7) is 0.754. The van der Waals surface area contributed by atoms with Crippen LogP contribution in [0.4, 0.5) is 10.5 Å². The SMILES string of the molecule is CC(O)(CNC(=O)Nc1ccc2c3c(cccc13)CC2)C(=O)O. The second kappa shape index (κ2) is 5.55. The molecule has 0 fully saturated rings. The minimum Gasteiger partial charge on any atom is -0.479 e. The van der Waals surface area contributed by atoms with Gasteiger partial charge in [0.1, 0.15) is 0 Å². The van der Waals surface area contributed by atoms with Gasteiger partial charge in [-0.15, -0.1) is 0 Å². The Bertz CT molecular complexity index is 788. The van der Waals surface area contributed by atoms with Crippen molar-refractivity contribution in [2.75, 3.05) is 11.9 Å². The van der Waals surface area contributed by atoms with Crippen molar-refractivity contribution in [1.29, 1.82) is 0 Å². The fraction of sp³-hybridized carbons (Fsp3) is 0.294. The minimum absolute atomic E-state index is 0.380. The number of hydrogen-bond acceptors (Lipinski definition) is 3. The molecule has 0 radical (unpaired) electrons. The van der Waals surface area contributed by atoms with Crippen LogP contribution in [0.25, 0.3) is 10.8 Å². The normalized spacial score (nSPS) is 15.2. The van der Waals surface area contributed by atoms with Crippen LogP contribution in [-0.2, 0) is 17.6 Å². The number of nitrogens with one attached hydrogen (secondary N) is 2. The molecule has 6 heteroatoms. The molecule has 6 nitrogen and oxygen atoms in total. The average Bonchev–Trinajstić information content (AvgIpc) is 2.93. The zero-order chi connectivity index (χ0) is 16.6. The Kier molecular flexibility index (Phi) is 3.69. The molecule has 0 saturated heterocycles. The number of carboxylic acids is 1. The summed E-state index contributed by atoms with van der Waals surface area (Å²) in [6, 6.07) is 9.31. The highest BCUT2D eigenvalue weighted by molar-refractivity contribution is 6.04. The third-order valence-corrected chi connectivity index (χ3v) is 4.18. The summed E-state index contributed by atoms with van der Waals surface area (Å²) >= 11 is 0. The van der Waals surface area contributed by atoms with Gasteiger partial charge in [0.2, 0.25) is 0 Å². The standard InChI is InChI=1S/C17H18N2O4/c1-17(23,15(20)21)9-18-16(22)19-13-8-7-11-6-5-10-3-2-4-12(13)14(10)11/h2-4,7-8,23H,5-6,9H2,1H3,(H,20,21)(H2,18,19,22). The van der Waals surface area contributed by atoms with Gasteiger partial charge >= 0.3 is 12.0 Å². The molecule has 2 aromatic rings. The van der Waals surface area contributed by atoms with Crippen LogP contribution in [0.5, 0.6) is 0 Å². The van der Waals surface area contributed by atoms with E-state index in [1.165, 1.54) is 16.5 Å². The molecule has 4 N–H and O–H groups in total. The Morgan fingerprint density at radius 3 is 2.57 bits per heavy atom. The lowest BCUT2D eigenvalue weighted by atomic mass is 10.0. The lowest BCUT2D eigenvalue weighted by Gasteiger charge is -2.19. The summed E-state index contributed by atoms with van der Waals surface area (Å²) in [7, 11) is 0. The first-order chi connectivity index (χ1) is 10.9. The van der Waals surface area contributed by atoms with Gasteiger partial charge in [0.25, 0.3) is 0 Å². The zero-order valence-electron chi connectivity index (χ0n) is 12.7. The van der Waals surface area contributed by atoms with Crippen molar-refractivity contribution in [1.82, 2.24) is 5.32 Å². The van der Waals surface area contributed by atoms with Crippen molar-refractivity contribution in [3.8, 4) is 0 Å². The van der Waals surface area contributed by atoms with E-state index in [1.807, 2.05) is 24.3 Å². The van der Waals surface area contributed by atoms with Crippen LogP contribution in [0.1, 0.15) is 18.1 Å². The van der Waals surface area contributed by atoms with Gasteiger partial charge in [-0.2, -0.15) is 0 Å². The van der Waals surface area contributed by atoms with E-state index in [9.17, 15) is 14.7 Å². The van der Waals surface area contributed by atoms with E-state index in [4.69, 9.17) is 5.11 Å². The van der Waals surface area contributed by atoms with Gasteiger partial charge in [0.05, 0.1) is 12.2 Å². The molecule has 1 aliphatic rings. The Balaban J connectivity index is 1.78. The van der Waals surface area contributed by atoms with Gasteiger partial charge in [-0.25, -0.2) is 9.59 Å². The number of hydrogen-bond donors (Lipinski definition) is 4. The first-order valence-electron chi connectivity index (χ1n) is 7.42. The van der Waals surface area contributed by atoms with E-state index in [0.717, 1.165) is 25.2 Å². The molecule has 1 atom stereocenters. The third-order valence-electron chi connectivity index (χ3n) is 4.18. The summed E-state index contributed by atoms with van der Waals surface area (Å²) < 4.78 is 0. The molecular formula is C17H18N2O4. The topological polar surface area (TPSA) is 98.7 Å². The van der Waals surface area contributed by atoms with Crippen molar-refractivity contribution in [2.24, 2.45) is 0 Å². The predicted octanol–water partition coefficient (Wildman–Crippen LogP) is 1.90. The molecule has 23 heavy (non-hydrogen) atoms. The number of carbonyl (C=O) groups is 2. The number of aliphatic carboxylic acids is 1. The fourth-order valence-corrected chi connectivity index (χ4v) is 2.85. The van der Waals surface area contributed by atoms with Crippen LogP contribution in [0.3, 0.4) is 0 Å². The predicted molar refractivity (Wildman–Crippen MR) is 86.6 cm³/mol. The van der Waals surface area contributed by atoms with Gasteiger partial charge in [0, 0.05) is 5.39 Å². The zero-order valence-corrected chi connectivity index (χ0v) is 12.7. The number of urea groups is 1. The smallest absolute Gasteiger partial charge is 0.337 e. The fourth-order valence-electron chi connectivity index (χ4n) is 2.85. The van der Waals surface area contributed by atoms with Crippen LogP contribution in [0.15, 0.2) is 30.3 Å². The van der Waals surface area contributed by atoms with Crippen LogP contribution >= 0.6 is 0 Å². The van der Waals surface area contributed by atoms with E-state index in [-0.39, 0.29) is 6.54 Å². The molecule has 3 rings (SSSR count). The number of carbonyl (C=O) groups excluding carboxylic acids is 1. The summed E-state index contributed by atoms with van der Waals surface area (Å²) in [6.07, 6.45) is 2.01. The number of rotatable bonds is 4. The van der Waals surface area contributed by atoms with E-state index in [1.54, 1.807) is 0 Å². The molecule has 0 heterocycles. The van der Waals surface area contributed by atoms with Gasteiger partial charge in [-0.1, -0.05) is 24.3 Å². The van der Waals surface area contributed by atoms with Crippen LogP contribution in [-0.4, -0.2) is 34.4 Å². The van der Waals surface area contributed by atoms with E-state index < -0.39 is 17.6 Å². The van der Waals surface area contributed by atoms with Gasteiger partial charge < -0.3 is 20.8 Å². The van der Waals surface area contributed by atoms with Crippen molar-refractivity contribution >= 4 is 28.5 Å². The van der Waals surface area contributed by atoms with Gasteiger partial charge in [-0.05, 0) is 42.3 Å². The molecule has 120 valence electrons. The van der Waals surface area contributed by atoms with Crippen molar-refractivity contribution in [2.45, 2.75) is 25.4 Å². The van der Waals surface area contributed by atoms with Crippen molar-refractivity contribution in [3.05, 3.63) is 41.5 Å². The molecule has 0 spiro atoms. The maximum atomic E-state index is 12.0. The quantitative estimate of drug-likeness (QED) is 0.692. The highest BCUT2D eigenvalue weighted by Crippen LogP contribution is 2.34. The highest BCUT2D eigenvalue weighted by atomic mass is 16.4. The monoisotopic (exact) mass is 314 g/mol. The molecule has 2 amide bonds. The second-order valence-electron chi connectivity index (χ2n) is 6.00. The third kappa shape index (κ3) is 2.85. The Labute approximate surface area is 133 Å². The number of aliphatic hydroxyl groups is 1. The summed E-state index contributed by atoms with van der Waals surface area (Å²) in [5.41, 5.74) is 1.21. The number of anilines is 1. The lowest BCUT2D eigenvalue weighted by Crippen LogP contribution is -2.47. The molecule has 0 aliphatic heterocycles. The molecule has 0 saturated carbocycles. The first-order valence-corrected chi connectivity index (χ1v) is 7.42. The van der Waals surface area contributed by atoms with Gasteiger partial charge in [-0.3, -0.25) is 0 Å². The largest absolute Gasteiger partial charge is 0.479 e. The second-order valence-corrected chi connectivity index (χ2v) is 6.00. The molecule has 1 unspecified atom stereocenters. The number of carboxylic acid groups (broad SMARTS) is 1. The summed E-state index contributed by atoms with van der Waals surface area (Å²) in [4.78, 5) is 22.8. The van der Waals surface area contributed by atoms with Gasteiger partial charge in [0.15, 0.2) is 5.60 Å². The summed E-state index contributed by atoms with van der Waals surface area (Å²) in [5, 5.41) is 25.7. The highest BCUT2D eigenvalue weighted by Gasteiger charge is 2.30. The molecule has 0 aromatic heterocycles. The number of amides is 2. The van der Waals surface area contributed by atoms with E-state index in [2.05, 4.69) is 16.7 Å². The van der Waals surface area contributed by atoms with Crippen molar-refractivity contribution < 1.29 is 19.8 Å². The lowest BCUT2D eigenvalue weighted by molar-refractivity contribution is -0.155. The van der Waals surface area contributed by atoms with Crippen LogP contribution < -0.4 is 10.6 Å². The number of aryl methyl sites for hydroxylation is 2. The van der Waals surface area contributed by atoms with Crippen LogP contribution in [0.2, 0.25) is 0 Å². The van der Waals surface area contributed by atoms with E-state index >= 15 is 0 Å². The molecular weight excluding hydrogens is 296 g/mol. The number of benzene rings is 2. The maximum Gasteiger partial charge on any atom is 0.337 e. The first kappa shape index (κ1) is 15.3. The van der Waals surface area contributed by atoms with Crippen molar-refractivity contribution in [3.63, 3.8) is 0 Å². The Morgan fingerprint density at radius 1 is 1.17 bits per heavy atom. The summed E-state index contributed by atoms with van der Waals surface area (Å²) in [5.74, 6) is -1.39. The average molecular weight is 314 g/mol. The minimum atomic E-state index is -2.00. The maximum absolute atomic E-state index is 12.0. The van der Waals surface area contributed by atoms with Crippen LogP contribution in [0, 0.1) is 0 Å². The molecule has 2 aromatic carbocycles.